The molecule has 32 heavy (non-hydrogen) atoms. The van der Waals surface area contributed by atoms with Gasteiger partial charge < -0.3 is 5.11 Å². The molecule has 0 aliphatic carbocycles. The van der Waals surface area contributed by atoms with Gasteiger partial charge in [0.25, 0.3) is 0 Å². The third-order valence-electron chi connectivity index (χ3n) is 7.33. The van der Waals surface area contributed by atoms with Crippen LogP contribution in [0.4, 0.5) is 0 Å². The summed E-state index contributed by atoms with van der Waals surface area (Å²) in [7, 11) is 0. The van der Waals surface area contributed by atoms with Gasteiger partial charge >= 0.3 is 0 Å². The molecule has 4 nitrogen and oxygen atoms in total. The molecule has 2 aliphatic rings. The lowest BCUT2D eigenvalue weighted by molar-refractivity contribution is -0.0655. The van der Waals surface area contributed by atoms with Gasteiger partial charge in [0.1, 0.15) is 0 Å². The molecule has 166 valence electrons. The summed E-state index contributed by atoms with van der Waals surface area (Å²) in [6, 6.07) is 22.5. The Morgan fingerprint density at radius 2 is 1.78 bits per heavy atom. The Bertz CT molecular complexity index is 1020. The summed E-state index contributed by atoms with van der Waals surface area (Å²) in [5.74, 6) is 0.375. The predicted molar refractivity (Wildman–Crippen MR) is 129 cm³/mol. The maximum absolute atomic E-state index is 10.2. The number of hydrogen-bond acceptors (Lipinski definition) is 4. The number of pyridine rings is 1. The number of benzene rings is 2. The molecule has 3 atom stereocenters. The van der Waals surface area contributed by atoms with Crippen molar-refractivity contribution < 1.29 is 5.11 Å². The zero-order valence-corrected chi connectivity index (χ0v) is 18.9. The third-order valence-corrected chi connectivity index (χ3v) is 7.33. The molecule has 2 aliphatic heterocycles. The van der Waals surface area contributed by atoms with E-state index in [9.17, 15) is 5.11 Å². The Hall–Kier alpha value is -2.53. The molecule has 3 aromatic rings. The van der Waals surface area contributed by atoms with Gasteiger partial charge in [-0.3, -0.25) is 14.8 Å². The molecule has 4 heteroatoms. The van der Waals surface area contributed by atoms with Crippen molar-refractivity contribution in [1.29, 1.82) is 0 Å². The van der Waals surface area contributed by atoms with Gasteiger partial charge in [0.05, 0.1) is 6.61 Å². The van der Waals surface area contributed by atoms with Crippen molar-refractivity contribution in [1.82, 2.24) is 14.8 Å². The molecule has 0 saturated carbocycles. The minimum Gasteiger partial charge on any atom is -0.395 e. The molecule has 0 unspecified atom stereocenters. The first-order valence-electron chi connectivity index (χ1n) is 11.9. The van der Waals surface area contributed by atoms with E-state index in [4.69, 9.17) is 0 Å². The van der Waals surface area contributed by atoms with Crippen LogP contribution in [0.2, 0.25) is 0 Å². The lowest BCUT2D eigenvalue weighted by Gasteiger charge is -2.57. The maximum atomic E-state index is 10.2. The Kier molecular flexibility index (Phi) is 6.35. The zero-order chi connectivity index (χ0) is 21.9. The minimum absolute atomic E-state index is 0.225. The van der Waals surface area contributed by atoms with Crippen LogP contribution >= 0.6 is 0 Å². The van der Waals surface area contributed by atoms with Gasteiger partial charge in [0.2, 0.25) is 0 Å². The van der Waals surface area contributed by atoms with Crippen molar-refractivity contribution in [3.63, 3.8) is 0 Å². The first kappa shape index (κ1) is 21.3. The van der Waals surface area contributed by atoms with Crippen LogP contribution in [-0.2, 0) is 6.54 Å². The molecule has 3 heterocycles. The van der Waals surface area contributed by atoms with Crippen LogP contribution < -0.4 is 0 Å². The SMILES string of the molecule is Cc1ccccc1-c1ccc([C@H]2[C@@H](CO)N3CCCCN(Cc4cccnc4)C[C@H]23)cc1. The molecule has 2 fully saturated rings. The number of fused-ring (bicyclic) bond motifs is 1. The second-order valence-corrected chi connectivity index (χ2v) is 9.32. The quantitative estimate of drug-likeness (QED) is 0.652. The molecular weight excluding hydrogens is 394 g/mol. The van der Waals surface area contributed by atoms with Crippen LogP contribution in [-0.4, -0.2) is 58.2 Å². The fourth-order valence-electron chi connectivity index (χ4n) is 5.69. The van der Waals surface area contributed by atoms with Gasteiger partial charge in [-0.2, -0.15) is 0 Å². The highest BCUT2D eigenvalue weighted by Crippen LogP contribution is 2.42. The molecule has 0 amide bonds. The van der Waals surface area contributed by atoms with E-state index in [1.807, 2.05) is 18.5 Å². The standard InChI is InChI=1S/C28H33N3O/c1-21-7-2-3-9-25(21)23-10-12-24(13-11-23)28-26-19-30(18-22-8-6-14-29-17-22)15-4-5-16-31(26)27(28)20-32/h2-3,6-14,17,26-28,32H,4-5,15-16,18-20H2,1H3/t26-,27-,28-/m1/s1. The van der Waals surface area contributed by atoms with Crippen LogP contribution in [0, 0.1) is 6.92 Å². The highest BCUT2D eigenvalue weighted by Gasteiger charge is 2.48. The van der Waals surface area contributed by atoms with Crippen molar-refractivity contribution in [3.8, 4) is 11.1 Å². The molecule has 1 aromatic heterocycles. The molecule has 0 radical (unpaired) electrons. The van der Waals surface area contributed by atoms with Crippen molar-refractivity contribution in [3.05, 3.63) is 89.7 Å². The largest absolute Gasteiger partial charge is 0.395 e. The molecule has 5 rings (SSSR count). The number of hydrogen-bond donors (Lipinski definition) is 1. The van der Waals surface area contributed by atoms with Gasteiger partial charge in [-0.25, -0.2) is 0 Å². The van der Waals surface area contributed by atoms with E-state index >= 15 is 0 Å². The van der Waals surface area contributed by atoms with Gasteiger partial charge in [0, 0.05) is 43.5 Å². The Morgan fingerprint density at radius 1 is 0.969 bits per heavy atom. The Balaban J connectivity index is 1.37. The molecule has 0 spiro atoms. The monoisotopic (exact) mass is 427 g/mol. The van der Waals surface area contributed by atoms with Crippen molar-refractivity contribution in [2.75, 3.05) is 26.2 Å². The van der Waals surface area contributed by atoms with Crippen LogP contribution in [0.1, 0.15) is 35.4 Å². The van der Waals surface area contributed by atoms with Gasteiger partial charge in [0.15, 0.2) is 0 Å². The van der Waals surface area contributed by atoms with E-state index < -0.39 is 0 Å². The lowest BCUT2D eigenvalue weighted by Crippen LogP contribution is -2.67. The van der Waals surface area contributed by atoms with E-state index in [0.29, 0.717) is 12.0 Å². The average Bonchev–Trinajstić information content (AvgIpc) is 2.81. The predicted octanol–water partition coefficient (Wildman–Crippen LogP) is 4.48. The van der Waals surface area contributed by atoms with E-state index in [1.165, 1.54) is 40.7 Å². The summed E-state index contributed by atoms with van der Waals surface area (Å²) in [4.78, 5) is 9.43. The summed E-state index contributed by atoms with van der Waals surface area (Å²) in [6.45, 7) is 6.59. The number of aryl methyl sites for hydroxylation is 1. The molecule has 2 saturated heterocycles. The van der Waals surface area contributed by atoms with Crippen LogP contribution in [0.15, 0.2) is 73.1 Å². The summed E-state index contributed by atoms with van der Waals surface area (Å²) in [5, 5.41) is 10.2. The summed E-state index contributed by atoms with van der Waals surface area (Å²) in [5.41, 5.74) is 6.48. The van der Waals surface area contributed by atoms with E-state index in [1.54, 1.807) is 0 Å². The van der Waals surface area contributed by atoms with E-state index in [2.05, 4.69) is 76.3 Å². The van der Waals surface area contributed by atoms with Gasteiger partial charge in [-0.05, 0) is 66.7 Å². The zero-order valence-electron chi connectivity index (χ0n) is 18.9. The number of aliphatic hydroxyl groups excluding tert-OH is 1. The smallest absolute Gasteiger partial charge is 0.0593 e. The summed E-state index contributed by atoms with van der Waals surface area (Å²) in [6.07, 6.45) is 6.22. The van der Waals surface area contributed by atoms with Gasteiger partial charge in [-0.15, -0.1) is 0 Å². The Labute approximate surface area is 191 Å². The Morgan fingerprint density at radius 3 is 2.53 bits per heavy atom. The molecule has 0 bridgehead atoms. The first-order chi connectivity index (χ1) is 15.7. The topological polar surface area (TPSA) is 39.6 Å². The van der Waals surface area contributed by atoms with Crippen molar-refractivity contribution >= 4 is 0 Å². The van der Waals surface area contributed by atoms with E-state index in [0.717, 1.165) is 26.2 Å². The highest BCUT2D eigenvalue weighted by molar-refractivity contribution is 5.67. The first-order valence-corrected chi connectivity index (χ1v) is 11.9. The number of nitrogens with zero attached hydrogens (tertiary/aromatic N) is 3. The number of aliphatic hydroxyl groups is 1. The van der Waals surface area contributed by atoms with Crippen LogP contribution in [0.5, 0.6) is 0 Å². The number of aromatic nitrogens is 1. The summed E-state index contributed by atoms with van der Waals surface area (Å²) >= 11 is 0. The maximum Gasteiger partial charge on any atom is 0.0593 e. The fourth-order valence-corrected chi connectivity index (χ4v) is 5.69. The summed E-state index contributed by atoms with van der Waals surface area (Å²) < 4.78 is 0. The second-order valence-electron chi connectivity index (χ2n) is 9.32. The van der Waals surface area contributed by atoms with E-state index in [-0.39, 0.29) is 12.6 Å². The third kappa shape index (κ3) is 4.23. The number of rotatable bonds is 5. The average molecular weight is 428 g/mol. The van der Waals surface area contributed by atoms with Crippen molar-refractivity contribution in [2.24, 2.45) is 0 Å². The van der Waals surface area contributed by atoms with Gasteiger partial charge in [-0.1, -0.05) is 54.6 Å². The molecular formula is C28H33N3O. The van der Waals surface area contributed by atoms with Crippen LogP contribution in [0.3, 0.4) is 0 Å². The minimum atomic E-state index is 0.225. The fraction of sp³-hybridized carbons (Fsp3) is 0.393. The lowest BCUT2D eigenvalue weighted by atomic mass is 9.74. The molecule has 2 aromatic carbocycles. The highest BCUT2D eigenvalue weighted by atomic mass is 16.3. The second kappa shape index (κ2) is 9.53. The van der Waals surface area contributed by atoms with Crippen molar-refractivity contribution in [2.45, 2.75) is 44.3 Å². The normalized spacial score (nSPS) is 24.2. The van der Waals surface area contributed by atoms with Crippen LogP contribution in [0.25, 0.3) is 11.1 Å². The molecule has 1 N–H and O–H groups in total.